The van der Waals surface area contributed by atoms with E-state index < -0.39 is 0 Å². The molecule has 102 valence electrons. The molecule has 18 heavy (non-hydrogen) atoms. The zero-order valence-corrected chi connectivity index (χ0v) is 11.2. The second kappa shape index (κ2) is 6.29. The van der Waals surface area contributed by atoms with Gasteiger partial charge >= 0.3 is 0 Å². The maximum atomic E-state index is 11.8. The van der Waals surface area contributed by atoms with Crippen LogP contribution in [0.25, 0.3) is 0 Å². The van der Waals surface area contributed by atoms with Crippen molar-refractivity contribution < 1.29 is 9.59 Å². The Kier molecular flexibility index (Phi) is 4.72. The van der Waals surface area contributed by atoms with E-state index in [1.54, 1.807) is 7.05 Å². The predicted octanol–water partition coefficient (Wildman–Crippen LogP) is 0.209. The molecule has 0 spiro atoms. The Hall–Kier alpha value is -0.940. The summed E-state index contributed by atoms with van der Waals surface area (Å²) in [6, 6.07) is -0.161. The van der Waals surface area contributed by atoms with E-state index in [1.165, 1.54) is 30.8 Å². The first-order chi connectivity index (χ1) is 8.68. The van der Waals surface area contributed by atoms with E-state index in [-0.39, 0.29) is 17.9 Å². The predicted molar refractivity (Wildman–Crippen MR) is 69.1 cm³/mol. The number of rotatable bonds is 5. The molecule has 2 rings (SSSR count). The van der Waals surface area contributed by atoms with Crippen molar-refractivity contribution >= 4 is 11.8 Å². The van der Waals surface area contributed by atoms with Crippen LogP contribution in [0.1, 0.15) is 32.1 Å². The van der Waals surface area contributed by atoms with Crippen molar-refractivity contribution in [1.82, 2.24) is 15.1 Å². The highest BCUT2D eigenvalue weighted by Gasteiger charge is 2.30. The summed E-state index contributed by atoms with van der Waals surface area (Å²) in [7, 11) is 1.57. The number of imide groups is 1. The molecule has 0 aliphatic carbocycles. The van der Waals surface area contributed by atoms with Crippen LogP contribution in [0.15, 0.2) is 0 Å². The summed E-state index contributed by atoms with van der Waals surface area (Å²) in [5.41, 5.74) is 0. The van der Waals surface area contributed by atoms with E-state index in [2.05, 4.69) is 10.2 Å². The van der Waals surface area contributed by atoms with E-state index in [9.17, 15) is 9.59 Å². The highest BCUT2D eigenvalue weighted by Crippen LogP contribution is 2.11. The fraction of sp³-hybridized carbons (Fsp3) is 0.846. The van der Waals surface area contributed by atoms with Gasteiger partial charge in [0.2, 0.25) is 11.8 Å². The second-order valence-corrected chi connectivity index (χ2v) is 5.24. The van der Waals surface area contributed by atoms with Crippen LogP contribution in [0.5, 0.6) is 0 Å². The molecular weight excluding hydrogens is 230 g/mol. The highest BCUT2D eigenvalue weighted by molar-refractivity contribution is 6.00. The van der Waals surface area contributed by atoms with Crippen molar-refractivity contribution in [1.29, 1.82) is 0 Å². The Bertz CT molecular complexity index is 313. The van der Waals surface area contributed by atoms with Crippen molar-refractivity contribution in [3.63, 3.8) is 0 Å². The number of carbonyl (C=O) groups excluding carboxylic acids is 2. The Morgan fingerprint density at radius 1 is 1.28 bits per heavy atom. The molecule has 2 amide bonds. The summed E-state index contributed by atoms with van der Waals surface area (Å²) in [6.45, 7) is 4.41. The van der Waals surface area contributed by atoms with Gasteiger partial charge in [-0.3, -0.25) is 14.5 Å². The fourth-order valence-electron chi connectivity index (χ4n) is 2.69. The summed E-state index contributed by atoms with van der Waals surface area (Å²) in [5.74, 6) is -0.137. The largest absolute Gasteiger partial charge is 0.306 e. The standard InChI is InChI=1S/C13H23N3O2/c1-15-12(17)6-5-11(13(15)18)14-7-4-10-16-8-2-3-9-16/h11,14H,2-10H2,1H3. The molecule has 2 saturated heterocycles. The Morgan fingerprint density at radius 3 is 2.72 bits per heavy atom. The molecule has 1 N–H and O–H groups in total. The minimum absolute atomic E-state index is 0.0601. The van der Waals surface area contributed by atoms with Gasteiger partial charge in [-0.05, 0) is 51.9 Å². The first kappa shape index (κ1) is 13.5. The van der Waals surface area contributed by atoms with Gasteiger partial charge in [-0.1, -0.05) is 0 Å². The molecule has 5 heteroatoms. The van der Waals surface area contributed by atoms with Crippen LogP contribution in [0.4, 0.5) is 0 Å². The molecule has 0 aromatic heterocycles. The maximum Gasteiger partial charge on any atom is 0.246 e. The van der Waals surface area contributed by atoms with Crippen LogP contribution < -0.4 is 5.32 Å². The molecule has 0 bridgehead atoms. The molecule has 2 heterocycles. The number of nitrogens with one attached hydrogen (secondary N) is 1. The van der Waals surface area contributed by atoms with Crippen LogP contribution in [0, 0.1) is 0 Å². The van der Waals surface area contributed by atoms with E-state index in [1.807, 2.05) is 0 Å². The average molecular weight is 253 g/mol. The van der Waals surface area contributed by atoms with Gasteiger partial charge in [-0.2, -0.15) is 0 Å². The Balaban J connectivity index is 1.64. The molecule has 0 radical (unpaired) electrons. The van der Waals surface area contributed by atoms with Gasteiger partial charge < -0.3 is 10.2 Å². The lowest BCUT2D eigenvalue weighted by atomic mass is 10.0. The smallest absolute Gasteiger partial charge is 0.246 e. The quantitative estimate of drug-likeness (QED) is 0.562. The van der Waals surface area contributed by atoms with Crippen molar-refractivity contribution in [2.24, 2.45) is 0 Å². The number of amides is 2. The summed E-state index contributed by atoms with van der Waals surface area (Å²) in [4.78, 5) is 26.9. The van der Waals surface area contributed by atoms with Crippen molar-refractivity contribution in [3.05, 3.63) is 0 Å². The monoisotopic (exact) mass is 253 g/mol. The lowest BCUT2D eigenvalue weighted by Crippen LogP contribution is -2.51. The highest BCUT2D eigenvalue weighted by atomic mass is 16.2. The van der Waals surface area contributed by atoms with Crippen LogP contribution >= 0.6 is 0 Å². The summed E-state index contributed by atoms with van der Waals surface area (Å²) < 4.78 is 0. The number of hydrogen-bond acceptors (Lipinski definition) is 4. The van der Waals surface area contributed by atoms with Crippen LogP contribution in [0.3, 0.4) is 0 Å². The number of likely N-dealkylation sites (N-methyl/N-ethyl adjacent to an activating group) is 1. The van der Waals surface area contributed by atoms with Crippen LogP contribution in [-0.2, 0) is 9.59 Å². The molecule has 1 unspecified atom stereocenters. The molecule has 0 aromatic carbocycles. The molecule has 1 atom stereocenters. The van der Waals surface area contributed by atoms with Crippen molar-refractivity contribution in [2.75, 3.05) is 33.2 Å². The zero-order valence-electron chi connectivity index (χ0n) is 11.2. The number of piperidine rings is 1. The lowest BCUT2D eigenvalue weighted by Gasteiger charge is -2.28. The number of carbonyl (C=O) groups is 2. The van der Waals surface area contributed by atoms with E-state index in [0.29, 0.717) is 12.8 Å². The molecule has 2 aliphatic rings. The van der Waals surface area contributed by atoms with Crippen molar-refractivity contribution in [2.45, 2.75) is 38.1 Å². The van der Waals surface area contributed by atoms with Crippen LogP contribution in [-0.4, -0.2) is 60.9 Å². The van der Waals surface area contributed by atoms with Gasteiger partial charge in [0, 0.05) is 13.5 Å². The summed E-state index contributed by atoms with van der Waals surface area (Å²) in [6.07, 6.45) is 4.84. The normalized spacial score (nSPS) is 26.1. The first-order valence-corrected chi connectivity index (χ1v) is 6.94. The molecule has 2 fully saturated rings. The third-order valence-corrected chi connectivity index (χ3v) is 3.89. The SMILES string of the molecule is CN1C(=O)CCC(NCCCN2CCCC2)C1=O. The molecule has 0 aromatic rings. The van der Waals surface area contributed by atoms with E-state index in [0.717, 1.165) is 19.5 Å². The maximum absolute atomic E-state index is 11.8. The molecule has 5 nitrogen and oxygen atoms in total. The summed E-state index contributed by atoms with van der Waals surface area (Å²) in [5, 5.41) is 3.28. The molecular formula is C13H23N3O2. The molecule has 0 saturated carbocycles. The number of nitrogens with zero attached hydrogens (tertiary/aromatic N) is 2. The average Bonchev–Trinajstić information content (AvgIpc) is 2.87. The minimum Gasteiger partial charge on any atom is -0.306 e. The topological polar surface area (TPSA) is 52.7 Å². The van der Waals surface area contributed by atoms with Gasteiger partial charge in [0.25, 0.3) is 0 Å². The van der Waals surface area contributed by atoms with Gasteiger partial charge in [0.1, 0.15) is 0 Å². The third kappa shape index (κ3) is 3.29. The van der Waals surface area contributed by atoms with Crippen LogP contribution in [0.2, 0.25) is 0 Å². The lowest BCUT2D eigenvalue weighted by molar-refractivity contribution is -0.148. The third-order valence-electron chi connectivity index (χ3n) is 3.89. The van der Waals surface area contributed by atoms with E-state index in [4.69, 9.17) is 0 Å². The number of likely N-dealkylation sites (tertiary alicyclic amines) is 2. The minimum atomic E-state index is -0.161. The van der Waals surface area contributed by atoms with Gasteiger partial charge in [0.15, 0.2) is 0 Å². The Morgan fingerprint density at radius 2 is 2.00 bits per heavy atom. The fourth-order valence-corrected chi connectivity index (χ4v) is 2.69. The Labute approximate surface area is 108 Å². The van der Waals surface area contributed by atoms with Gasteiger partial charge in [-0.15, -0.1) is 0 Å². The zero-order chi connectivity index (χ0) is 13.0. The first-order valence-electron chi connectivity index (χ1n) is 6.94. The molecule has 2 aliphatic heterocycles. The van der Waals surface area contributed by atoms with Gasteiger partial charge in [-0.25, -0.2) is 0 Å². The number of hydrogen-bond donors (Lipinski definition) is 1. The van der Waals surface area contributed by atoms with Gasteiger partial charge in [0.05, 0.1) is 6.04 Å². The van der Waals surface area contributed by atoms with Crippen molar-refractivity contribution in [3.8, 4) is 0 Å². The van der Waals surface area contributed by atoms with E-state index >= 15 is 0 Å². The second-order valence-electron chi connectivity index (χ2n) is 5.24. The summed E-state index contributed by atoms with van der Waals surface area (Å²) >= 11 is 0.